The van der Waals surface area contributed by atoms with Crippen LogP contribution in [0.1, 0.15) is 44.0 Å². The van der Waals surface area contributed by atoms with E-state index in [4.69, 9.17) is 9.72 Å². The Labute approximate surface area is 160 Å². The number of methoxy groups -OCH3 is 1. The van der Waals surface area contributed by atoms with E-state index in [9.17, 15) is 0 Å². The van der Waals surface area contributed by atoms with Gasteiger partial charge in [-0.3, -0.25) is 0 Å². The summed E-state index contributed by atoms with van der Waals surface area (Å²) >= 11 is 0. The fourth-order valence-electron chi connectivity index (χ4n) is 3.76. The topological polar surface area (TPSA) is 27.1 Å². The van der Waals surface area contributed by atoms with Gasteiger partial charge in [0.25, 0.3) is 0 Å². The van der Waals surface area contributed by atoms with Crippen molar-refractivity contribution in [3.63, 3.8) is 0 Å². The molecule has 138 valence electrons. The Morgan fingerprint density at radius 2 is 1.78 bits per heavy atom. The van der Waals surface area contributed by atoms with Gasteiger partial charge < -0.3 is 9.30 Å². The molecule has 1 aromatic heterocycles. The molecule has 0 saturated heterocycles. The predicted molar refractivity (Wildman–Crippen MR) is 113 cm³/mol. The monoisotopic (exact) mass is 358 g/mol. The molecule has 0 spiro atoms. The predicted octanol–water partition coefficient (Wildman–Crippen LogP) is 6.15. The summed E-state index contributed by atoms with van der Waals surface area (Å²) in [4.78, 5) is 4.99. The Morgan fingerprint density at radius 3 is 2.59 bits per heavy atom. The van der Waals surface area contributed by atoms with Crippen LogP contribution in [0.15, 0.2) is 60.7 Å². The molecule has 0 fully saturated rings. The van der Waals surface area contributed by atoms with Crippen molar-refractivity contribution < 1.29 is 4.74 Å². The number of rotatable bonds is 6. The van der Waals surface area contributed by atoms with Crippen LogP contribution in [-0.2, 0) is 6.54 Å². The Kier molecular flexibility index (Phi) is 4.85. The largest absolute Gasteiger partial charge is 0.497 e. The number of nitrogens with zero attached hydrogens (tertiary/aromatic N) is 2. The van der Waals surface area contributed by atoms with E-state index in [1.807, 2.05) is 6.07 Å². The Morgan fingerprint density at radius 1 is 1.00 bits per heavy atom. The molecule has 0 aliphatic rings. The van der Waals surface area contributed by atoms with Gasteiger partial charge in [-0.05, 0) is 47.0 Å². The smallest absolute Gasteiger partial charge is 0.119 e. The number of imidazole rings is 1. The molecular weight excluding hydrogens is 332 g/mol. The Hall–Kier alpha value is -2.81. The second-order valence-electron chi connectivity index (χ2n) is 7.16. The van der Waals surface area contributed by atoms with E-state index in [0.29, 0.717) is 0 Å². The lowest BCUT2D eigenvalue weighted by molar-refractivity contribution is 0.415. The average Bonchev–Trinajstić information content (AvgIpc) is 3.09. The maximum atomic E-state index is 5.34. The first-order valence-corrected chi connectivity index (χ1v) is 9.74. The van der Waals surface area contributed by atoms with Crippen LogP contribution in [0.5, 0.6) is 5.75 Å². The summed E-state index contributed by atoms with van der Waals surface area (Å²) in [5.41, 5.74) is 3.61. The van der Waals surface area contributed by atoms with Gasteiger partial charge in [-0.2, -0.15) is 0 Å². The normalized spacial score (nSPS) is 12.6. The minimum atomic E-state index is 0.237. The molecule has 0 unspecified atom stereocenters. The van der Waals surface area contributed by atoms with Crippen molar-refractivity contribution in [3.8, 4) is 5.75 Å². The molecule has 0 aliphatic carbocycles. The van der Waals surface area contributed by atoms with Crippen LogP contribution in [0.3, 0.4) is 0 Å². The van der Waals surface area contributed by atoms with E-state index in [1.54, 1.807) is 7.11 Å². The highest BCUT2D eigenvalue weighted by Gasteiger charge is 2.18. The summed E-state index contributed by atoms with van der Waals surface area (Å²) in [6.07, 6.45) is 2.34. The molecule has 3 aromatic carbocycles. The van der Waals surface area contributed by atoms with Crippen molar-refractivity contribution in [2.75, 3.05) is 7.11 Å². The summed E-state index contributed by atoms with van der Waals surface area (Å²) in [6, 6.07) is 21.4. The van der Waals surface area contributed by atoms with E-state index in [1.165, 1.54) is 28.3 Å². The van der Waals surface area contributed by atoms with E-state index >= 15 is 0 Å². The summed E-state index contributed by atoms with van der Waals surface area (Å²) in [5, 5.41) is 2.43. The van der Waals surface area contributed by atoms with Crippen molar-refractivity contribution in [2.45, 2.75) is 39.2 Å². The maximum Gasteiger partial charge on any atom is 0.119 e. The van der Waals surface area contributed by atoms with Crippen molar-refractivity contribution in [1.29, 1.82) is 0 Å². The molecule has 4 aromatic rings. The fraction of sp³-hybridized carbons (Fsp3) is 0.292. The lowest BCUT2D eigenvalue weighted by Crippen LogP contribution is -2.08. The quantitative estimate of drug-likeness (QED) is 0.413. The molecule has 0 N–H and O–H groups in total. The second-order valence-corrected chi connectivity index (χ2v) is 7.16. The second kappa shape index (κ2) is 7.43. The maximum absolute atomic E-state index is 5.34. The number of para-hydroxylation sites is 2. The highest BCUT2D eigenvalue weighted by atomic mass is 16.5. The van der Waals surface area contributed by atoms with Crippen molar-refractivity contribution in [1.82, 2.24) is 9.55 Å². The van der Waals surface area contributed by atoms with Crippen LogP contribution in [0.4, 0.5) is 0 Å². The fourth-order valence-corrected chi connectivity index (χ4v) is 3.76. The number of hydrogen-bond acceptors (Lipinski definition) is 2. The highest BCUT2D eigenvalue weighted by molar-refractivity contribution is 5.85. The van der Waals surface area contributed by atoms with E-state index in [2.05, 4.69) is 73.0 Å². The third kappa shape index (κ3) is 3.30. The van der Waals surface area contributed by atoms with Crippen molar-refractivity contribution >= 4 is 21.8 Å². The molecule has 0 radical (unpaired) electrons. The van der Waals surface area contributed by atoms with Gasteiger partial charge in [0.15, 0.2) is 0 Å². The Bertz CT molecular complexity index is 1080. The molecular formula is C24H26N2O. The first kappa shape index (κ1) is 17.6. The SMILES string of the molecule is CCCCn1c([C@H](C)c2ccc3cc(OC)ccc3c2)nc2ccccc21. The van der Waals surface area contributed by atoms with Gasteiger partial charge in [-0.1, -0.05) is 56.7 Å². The zero-order chi connectivity index (χ0) is 18.8. The number of fused-ring (bicyclic) bond motifs is 2. The highest BCUT2D eigenvalue weighted by Crippen LogP contribution is 2.30. The van der Waals surface area contributed by atoms with Crippen LogP contribution in [0, 0.1) is 0 Å². The van der Waals surface area contributed by atoms with Gasteiger partial charge in [0.05, 0.1) is 18.1 Å². The van der Waals surface area contributed by atoms with E-state index in [0.717, 1.165) is 30.1 Å². The van der Waals surface area contributed by atoms with Crippen LogP contribution in [0.2, 0.25) is 0 Å². The van der Waals surface area contributed by atoms with Gasteiger partial charge in [0.2, 0.25) is 0 Å². The summed E-state index contributed by atoms with van der Waals surface area (Å²) in [6.45, 7) is 5.51. The van der Waals surface area contributed by atoms with Gasteiger partial charge >= 0.3 is 0 Å². The lowest BCUT2D eigenvalue weighted by atomic mass is 9.97. The molecule has 0 bridgehead atoms. The Balaban J connectivity index is 1.77. The molecule has 4 rings (SSSR count). The van der Waals surface area contributed by atoms with Crippen LogP contribution >= 0.6 is 0 Å². The van der Waals surface area contributed by atoms with E-state index < -0.39 is 0 Å². The number of ether oxygens (including phenoxy) is 1. The standard InChI is InChI=1S/C24H26N2O/c1-4-5-14-26-23-9-7-6-8-22(23)25-24(26)17(2)18-10-11-20-16-21(27-3)13-12-19(20)15-18/h6-13,15-17H,4-5,14H2,1-3H3/t17-/m1/s1. The molecule has 0 aliphatic heterocycles. The lowest BCUT2D eigenvalue weighted by Gasteiger charge is -2.16. The number of unbranched alkanes of at least 4 members (excludes halogenated alkanes) is 1. The van der Waals surface area contributed by atoms with Crippen molar-refractivity contribution in [3.05, 3.63) is 72.1 Å². The summed E-state index contributed by atoms with van der Waals surface area (Å²) in [7, 11) is 1.71. The molecule has 0 saturated carbocycles. The number of hydrogen-bond donors (Lipinski definition) is 0. The molecule has 3 nitrogen and oxygen atoms in total. The molecule has 0 amide bonds. The van der Waals surface area contributed by atoms with Crippen molar-refractivity contribution in [2.24, 2.45) is 0 Å². The van der Waals surface area contributed by atoms with Gasteiger partial charge in [-0.25, -0.2) is 4.98 Å². The minimum absolute atomic E-state index is 0.237. The summed E-state index contributed by atoms with van der Waals surface area (Å²) in [5.74, 6) is 2.28. The third-order valence-electron chi connectivity index (χ3n) is 5.38. The van der Waals surface area contributed by atoms with Gasteiger partial charge in [0.1, 0.15) is 11.6 Å². The average molecular weight is 358 g/mol. The van der Waals surface area contributed by atoms with Crippen LogP contribution in [0.25, 0.3) is 21.8 Å². The zero-order valence-electron chi connectivity index (χ0n) is 16.3. The number of aromatic nitrogens is 2. The minimum Gasteiger partial charge on any atom is -0.497 e. The zero-order valence-corrected chi connectivity index (χ0v) is 16.3. The third-order valence-corrected chi connectivity index (χ3v) is 5.38. The van der Waals surface area contributed by atoms with Gasteiger partial charge in [-0.15, -0.1) is 0 Å². The first-order valence-electron chi connectivity index (χ1n) is 9.74. The molecule has 1 atom stereocenters. The summed E-state index contributed by atoms with van der Waals surface area (Å²) < 4.78 is 7.75. The molecule has 27 heavy (non-hydrogen) atoms. The number of aryl methyl sites for hydroxylation is 1. The first-order chi connectivity index (χ1) is 13.2. The van der Waals surface area contributed by atoms with Gasteiger partial charge in [0, 0.05) is 12.5 Å². The number of benzene rings is 3. The van der Waals surface area contributed by atoms with Crippen LogP contribution < -0.4 is 4.74 Å². The molecule has 3 heteroatoms. The van der Waals surface area contributed by atoms with Crippen LogP contribution in [-0.4, -0.2) is 16.7 Å². The molecule has 1 heterocycles. The van der Waals surface area contributed by atoms with E-state index in [-0.39, 0.29) is 5.92 Å².